The van der Waals surface area contributed by atoms with Crippen molar-refractivity contribution in [3.05, 3.63) is 0 Å². The number of hydrogen-bond donors (Lipinski definition) is 2. The SMILES string of the molecule is CCC(C)NC(=O)C(C)NCCN(C)C(C)CC. The molecule has 0 radical (unpaired) electrons. The molecule has 0 aromatic carbocycles. The quantitative estimate of drug-likeness (QED) is 0.659. The first-order valence-electron chi connectivity index (χ1n) is 7.16. The maximum absolute atomic E-state index is 11.8. The number of nitrogens with one attached hydrogen (secondary N) is 2. The van der Waals surface area contributed by atoms with Gasteiger partial charge in [-0.1, -0.05) is 13.8 Å². The van der Waals surface area contributed by atoms with Crippen molar-refractivity contribution in [1.82, 2.24) is 15.5 Å². The fourth-order valence-electron chi connectivity index (χ4n) is 1.55. The van der Waals surface area contributed by atoms with Gasteiger partial charge in [0.2, 0.25) is 5.91 Å². The van der Waals surface area contributed by atoms with Gasteiger partial charge in [0.15, 0.2) is 0 Å². The Kier molecular flexibility index (Phi) is 9.02. The molecule has 0 saturated heterocycles. The first kappa shape index (κ1) is 17.4. The van der Waals surface area contributed by atoms with Crippen LogP contribution in [-0.2, 0) is 4.79 Å². The molecule has 4 nitrogen and oxygen atoms in total. The van der Waals surface area contributed by atoms with E-state index >= 15 is 0 Å². The minimum atomic E-state index is -0.121. The zero-order chi connectivity index (χ0) is 14.1. The first-order valence-corrected chi connectivity index (χ1v) is 7.16. The van der Waals surface area contributed by atoms with Crippen molar-refractivity contribution >= 4 is 5.91 Å². The smallest absolute Gasteiger partial charge is 0.237 e. The van der Waals surface area contributed by atoms with E-state index in [1.807, 2.05) is 13.8 Å². The van der Waals surface area contributed by atoms with E-state index in [0.717, 1.165) is 25.9 Å². The molecule has 3 atom stereocenters. The average molecular weight is 257 g/mol. The van der Waals surface area contributed by atoms with Gasteiger partial charge in [-0.15, -0.1) is 0 Å². The summed E-state index contributed by atoms with van der Waals surface area (Å²) in [5.74, 6) is 0.0931. The maximum Gasteiger partial charge on any atom is 0.237 e. The number of amides is 1. The molecular weight excluding hydrogens is 226 g/mol. The lowest BCUT2D eigenvalue weighted by Crippen LogP contribution is -2.47. The minimum absolute atomic E-state index is 0.0931. The monoisotopic (exact) mass is 257 g/mol. The van der Waals surface area contributed by atoms with Crippen LogP contribution in [0.15, 0.2) is 0 Å². The van der Waals surface area contributed by atoms with Gasteiger partial charge in [0.25, 0.3) is 0 Å². The molecule has 0 saturated carbocycles. The molecule has 18 heavy (non-hydrogen) atoms. The predicted octanol–water partition coefficient (Wildman–Crippen LogP) is 1.61. The molecule has 0 aliphatic rings. The summed E-state index contributed by atoms with van der Waals surface area (Å²) in [6.45, 7) is 12.2. The lowest BCUT2D eigenvalue weighted by atomic mass is 10.2. The molecule has 0 aromatic heterocycles. The van der Waals surface area contributed by atoms with Crippen LogP contribution in [0.5, 0.6) is 0 Å². The third-order valence-corrected chi connectivity index (χ3v) is 3.65. The average Bonchev–Trinajstić information content (AvgIpc) is 2.36. The van der Waals surface area contributed by atoms with Crippen LogP contribution in [0.3, 0.4) is 0 Å². The molecule has 0 aliphatic heterocycles. The van der Waals surface area contributed by atoms with E-state index in [9.17, 15) is 4.79 Å². The van der Waals surface area contributed by atoms with Crippen LogP contribution < -0.4 is 10.6 Å². The molecule has 0 heterocycles. The molecule has 2 N–H and O–H groups in total. The summed E-state index contributed by atoms with van der Waals surface area (Å²) < 4.78 is 0. The van der Waals surface area contributed by atoms with Gasteiger partial charge >= 0.3 is 0 Å². The Balaban J connectivity index is 3.82. The fourth-order valence-corrected chi connectivity index (χ4v) is 1.55. The molecule has 0 aliphatic carbocycles. The zero-order valence-electron chi connectivity index (χ0n) is 12.9. The number of rotatable bonds is 9. The van der Waals surface area contributed by atoms with E-state index in [-0.39, 0.29) is 18.0 Å². The minimum Gasteiger partial charge on any atom is -0.352 e. The Hall–Kier alpha value is -0.610. The molecule has 108 valence electrons. The third kappa shape index (κ3) is 6.97. The van der Waals surface area contributed by atoms with Crippen molar-refractivity contribution in [2.24, 2.45) is 0 Å². The predicted molar refractivity (Wildman–Crippen MR) is 77.7 cm³/mol. The van der Waals surface area contributed by atoms with Crippen molar-refractivity contribution < 1.29 is 4.79 Å². The molecule has 0 aromatic rings. The van der Waals surface area contributed by atoms with Crippen LogP contribution in [0.2, 0.25) is 0 Å². The second-order valence-corrected chi connectivity index (χ2v) is 5.23. The molecule has 0 rings (SSSR count). The summed E-state index contributed by atoms with van der Waals surface area (Å²) in [7, 11) is 2.12. The van der Waals surface area contributed by atoms with Crippen LogP contribution in [0, 0.1) is 0 Å². The molecule has 3 unspecified atom stereocenters. The van der Waals surface area contributed by atoms with Gasteiger partial charge in [-0.05, 0) is 40.7 Å². The van der Waals surface area contributed by atoms with E-state index < -0.39 is 0 Å². The number of nitrogens with zero attached hydrogens (tertiary/aromatic N) is 1. The number of carbonyl (C=O) groups is 1. The Morgan fingerprint density at radius 2 is 1.78 bits per heavy atom. The summed E-state index contributed by atoms with van der Waals surface area (Å²) in [5, 5.41) is 6.25. The van der Waals surface area contributed by atoms with Crippen LogP contribution in [0.4, 0.5) is 0 Å². The van der Waals surface area contributed by atoms with E-state index in [0.29, 0.717) is 6.04 Å². The fraction of sp³-hybridized carbons (Fsp3) is 0.929. The van der Waals surface area contributed by atoms with Gasteiger partial charge in [-0.25, -0.2) is 0 Å². The van der Waals surface area contributed by atoms with Crippen LogP contribution in [0.1, 0.15) is 47.5 Å². The summed E-state index contributed by atoms with van der Waals surface area (Å²) in [5.41, 5.74) is 0. The van der Waals surface area contributed by atoms with Crippen molar-refractivity contribution in [1.29, 1.82) is 0 Å². The topological polar surface area (TPSA) is 44.4 Å². The Bertz CT molecular complexity index is 233. The van der Waals surface area contributed by atoms with Crippen molar-refractivity contribution in [3.8, 4) is 0 Å². The standard InChI is InChI=1S/C14H31N3O/c1-7-11(3)16-14(18)13(5)15-9-10-17(6)12(4)8-2/h11-13,15H,7-10H2,1-6H3,(H,16,18). The van der Waals surface area contributed by atoms with Crippen LogP contribution in [-0.4, -0.2) is 49.1 Å². The van der Waals surface area contributed by atoms with Crippen molar-refractivity contribution in [3.63, 3.8) is 0 Å². The summed E-state index contributed by atoms with van der Waals surface area (Å²) in [6.07, 6.45) is 2.12. The molecule has 1 amide bonds. The highest BCUT2D eigenvalue weighted by Gasteiger charge is 2.14. The largest absolute Gasteiger partial charge is 0.352 e. The second kappa shape index (κ2) is 9.34. The lowest BCUT2D eigenvalue weighted by Gasteiger charge is -2.24. The highest BCUT2D eigenvalue weighted by Crippen LogP contribution is 1.98. The Morgan fingerprint density at radius 3 is 2.28 bits per heavy atom. The zero-order valence-corrected chi connectivity index (χ0v) is 12.9. The molecule has 0 fully saturated rings. The van der Waals surface area contributed by atoms with Crippen molar-refractivity contribution in [2.75, 3.05) is 20.1 Å². The van der Waals surface area contributed by atoms with Gasteiger partial charge in [0.1, 0.15) is 0 Å². The molecular formula is C14H31N3O. The first-order chi connectivity index (χ1) is 8.42. The Labute approximate surface area is 113 Å². The maximum atomic E-state index is 11.8. The number of carbonyl (C=O) groups excluding carboxylic acids is 1. The van der Waals surface area contributed by atoms with Gasteiger partial charge in [-0.2, -0.15) is 0 Å². The van der Waals surface area contributed by atoms with E-state index in [2.05, 4.69) is 43.4 Å². The highest BCUT2D eigenvalue weighted by atomic mass is 16.2. The number of likely N-dealkylation sites (N-methyl/N-ethyl adjacent to an activating group) is 1. The lowest BCUT2D eigenvalue weighted by molar-refractivity contribution is -0.123. The molecule has 0 spiro atoms. The highest BCUT2D eigenvalue weighted by molar-refractivity contribution is 5.81. The van der Waals surface area contributed by atoms with Gasteiger partial charge in [0.05, 0.1) is 6.04 Å². The number of hydrogen-bond acceptors (Lipinski definition) is 3. The van der Waals surface area contributed by atoms with E-state index in [1.54, 1.807) is 0 Å². The van der Waals surface area contributed by atoms with Gasteiger partial charge in [-0.3, -0.25) is 4.79 Å². The second-order valence-electron chi connectivity index (χ2n) is 5.23. The summed E-state index contributed by atoms with van der Waals surface area (Å²) >= 11 is 0. The van der Waals surface area contributed by atoms with Crippen molar-refractivity contribution in [2.45, 2.75) is 65.6 Å². The van der Waals surface area contributed by atoms with Crippen LogP contribution in [0.25, 0.3) is 0 Å². The third-order valence-electron chi connectivity index (χ3n) is 3.65. The Morgan fingerprint density at radius 1 is 1.17 bits per heavy atom. The van der Waals surface area contributed by atoms with Gasteiger partial charge in [0, 0.05) is 25.2 Å². The molecule has 0 bridgehead atoms. The van der Waals surface area contributed by atoms with Gasteiger partial charge < -0.3 is 15.5 Å². The van der Waals surface area contributed by atoms with E-state index in [4.69, 9.17) is 0 Å². The summed E-state index contributed by atoms with van der Waals surface area (Å²) in [4.78, 5) is 14.1. The van der Waals surface area contributed by atoms with E-state index in [1.165, 1.54) is 0 Å². The summed E-state index contributed by atoms with van der Waals surface area (Å²) in [6, 6.07) is 0.727. The normalized spacial score (nSPS) is 16.4. The van der Waals surface area contributed by atoms with Crippen LogP contribution >= 0.6 is 0 Å². The molecule has 4 heteroatoms.